The highest BCUT2D eigenvalue weighted by Gasteiger charge is 2.05. The van der Waals surface area contributed by atoms with Crippen LogP contribution in [0.5, 0.6) is 0 Å². The van der Waals surface area contributed by atoms with Gasteiger partial charge in [0.05, 0.1) is 0 Å². The fraction of sp³-hybridized carbons (Fsp3) is 0.167. The molecule has 0 radical (unpaired) electrons. The SMILES string of the molecule is CC(Cc1ccccc1)NC(=O)C#Cc1cccc(Cl)c1. The van der Waals surface area contributed by atoms with Gasteiger partial charge in [0.15, 0.2) is 0 Å². The van der Waals surface area contributed by atoms with Gasteiger partial charge in [-0.3, -0.25) is 4.79 Å². The normalized spacial score (nSPS) is 11.1. The number of carbonyl (C=O) groups excluding carboxylic acids is 1. The van der Waals surface area contributed by atoms with Crippen LogP contribution in [0.15, 0.2) is 54.6 Å². The maximum absolute atomic E-state index is 11.8. The summed E-state index contributed by atoms with van der Waals surface area (Å²) in [5, 5.41) is 3.48. The summed E-state index contributed by atoms with van der Waals surface area (Å²) in [4.78, 5) is 11.8. The molecule has 0 spiro atoms. The first kappa shape index (κ1) is 15.2. The number of amides is 1. The van der Waals surface area contributed by atoms with Crippen LogP contribution in [0, 0.1) is 11.8 Å². The Hall–Kier alpha value is -2.24. The Bertz CT molecular complexity index is 670. The molecule has 2 aromatic carbocycles. The van der Waals surface area contributed by atoms with E-state index in [0.29, 0.717) is 5.02 Å². The van der Waals surface area contributed by atoms with Crippen LogP contribution in [0.1, 0.15) is 18.1 Å². The largest absolute Gasteiger partial charge is 0.342 e. The first-order valence-electron chi connectivity index (χ1n) is 6.75. The van der Waals surface area contributed by atoms with E-state index in [0.717, 1.165) is 12.0 Å². The lowest BCUT2D eigenvalue weighted by molar-refractivity contribution is -0.116. The molecule has 0 fully saturated rings. The highest BCUT2D eigenvalue weighted by Crippen LogP contribution is 2.09. The number of halogens is 1. The molecular formula is C18H16ClNO. The van der Waals surface area contributed by atoms with Crippen LogP contribution in [0.25, 0.3) is 0 Å². The summed E-state index contributed by atoms with van der Waals surface area (Å²) in [6.07, 6.45) is 0.783. The number of hydrogen-bond donors (Lipinski definition) is 1. The average Bonchev–Trinajstić information content (AvgIpc) is 2.46. The number of nitrogens with one attached hydrogen (secondary N) is 1. The van der Waals surface area contributed by atoms with Crippen LogP contribution in [-0.2, 0) is 11.2 Å². The van der Waals surface area contributed by atoms with E-state index >= 15 is 0 Å². The molecule has 3 heteroatoms. The smallest absolute Gasteiger partial charge is 0.296 e. The summed E-state index contributed by atoms with van der Waals surface area (Å²) in [5.41, 5.74) is 1.92. The van der Waals surface area contributed by atoms with E-state index in [4.69, 9.17) is 11.6 Å². The molecule has 2 rings (SSSR count). The van der Waals surface area contributed by atoms with E-state index in [1.165, 1.54) is 5.56 Å². The van der Waals surface area contributed by atoms with Gasteiger partial charge in [0.1, 0.15) is 0 Å². The minimum atomic E-state index is -0.279. The van der Waals surface area contributed by atoms with Crippen molar-refractivity contribution in [1.29, 1.82) is 0 Å². The predicted octanol–water partition coefficient (Wildman–Crippen LogP) is 3.44. The molecule has 0 aliphatic heterocycles. The minimum absolute atomic E-state index is 0.0357. The van der Waals surface area contributed by atoms with Gasteiger partial charge >= 0.3 is 0 Å². The summed E-state index contributed by atoms with van der Waals surface area (Å²) in [7, 11) is 0. The van der Waals surface area contributed by atoms with Gasteiger partial charge in [0.2, 0.25) is 0 Å². The van der Waals surface area contributed by atoms with Gasteiger partial charge in [-0.05, 0) is 37.1 Å². The van der Waals surface area contributed by atoms with Crippen LogP contribution in [0.3, 0.4) is 0 Å². The summed E-state index contributed by atoms with van der Waals surface area (Å²) >= 11 is 5.87. The van der Waals surface area contributed by atoms with Crippen molar-refractivity contribution in [3.05, 3.63) is 70.7 Å². The van der Waals surface area contributed by atoms with Crippen molar-refractivity contribution in [3.63, 3.8) is 0 Å². The van der Waals surface area contributed by atoms with E-state index < -0.39 is 0 Å². The second-order valence-electron chi connectivity index (χ2n) is 4.82. The molecule has 0 aromatic heterocycles. The Morgan fingerprint density at radius 3 is 2.67 bits per heavy atom. The zero-order valence-electron chi connectivity index (χ0n) is 11.8. The molecule has 0 saturated carbocycles. The van der Waals surface area contributed by atoms with Gasteiger partial charge in [-0.25, -0.2) is 0 Å². The van der Waals surface area contributed by atoms with Gasteiger partial charge < -0.3 is 5.32 Å². The highest BCUT2D eigenvalue weighted by atomic mass is 35.5. The Morgan fingerprint density at radius 2 is 1.95 bits per heavy atom. The van der Waals surface area contributed by atoms with E-state index in [-0.39, 0.29) is 11.9 Å². The Morgan fingerprint density at radius 1 is 1.19 bits per heavy atom. The van der Waals surface area contributed by atoms with E-state index in [9.17, 15) is 4.79 Å². The van der Waals surface area contributed by atoms with Gasteiger partial charge in [-0.1, -0.05) is 53.9 Å². The third-order valence-electron chi connectivity index (χ3n) is 2.91. The quantitative estimate of drug-likeness (QED) is 0.864. The molecule has 1 unspecified atom stereocenters. The molecule has 1 amide bonds. The summed E-state index contributed by atoms with van der Waals surface area (Å²) in [6, 6.07) is 17.2. The topological polar surface area (TPSA) is 29.1 Å². The van der Waals surface area contributed by atoms with E-state index in [1.54, 1.807) is 12.1 Å². The first-order valence-corrected chi connectivity index (χ1v) is 7.13. The first-order chi connectivity index (χ1) is 10.1. The van der Waals surface area contributed by atoms with Crippen LogP contribution in [0.4, 0.5) is 0 Å². The Kier molecular flexibility index (Phi) is 5.43. The molecule has 0 heterocycles. The molecule has 2 aromatic rings. The molecule has 1 N–H and O–H groups in total. The summed E-state index contributed by atoms with van der Waals surface area (Å²) in [5.74, 6) is 5.11. The standard InChI is InChI=1S/C18H16ClNO/c1-14(12-15-6-3-2-4-7-15)20-18(21)11-10-16-8-5-9-17(19)13-16/h2-9,13-14H,12H2,1H3,(H,20,21). The van der Waals surface area contributed by atoms with Crippen LogP contribution in [0.2, 0.25) is 5.02 Å². The predicted molar refractivity (Wildman–Crippen MR) is 86.1 cm³/mol. The van der Waals surface area contributed by atoms with Gasteiger partial charge in [-0.2, -0.15) is 0 Å². The zero-order valence-corrected chi connectivity index (χ0v) is 12.5. The summed E-state index contributed by atoms with van der Waals surface area (Å²) in [6.45, 7) is 1.96. The average molecular weight is 298 g/mol. The van der Waals surface area contributed by atoms with Crippen LogP contribution in [-0.4, -0.2) is 11.9 Å². The van der Waals surface area contributed by atoms with Crippen LogP contribution >= 0.6 is 11.6 Å². The van der Waals surface area contributed by atoms with Crippen LogP contribution < -0.4 is 5.32 Å². The number of rotatable bonds is 3. The lowest BCUT2D eigenvalue weighted by Gasteiger charge is -2.11. The van der Waals surface area contributed by atoms with Crippen molar-refractivity contribution in [3.8, 4) is 11.8 Å². The zero-order chi connectivity index (χ0) is 15.1. The Balaban J connectivity index is 1.90. The van der Waals surface area contributed by atoms with Gasteiger partial charge in [-0.15, -0.1) is 0 Å². The van der Waals surface area contributed by atoms with E-state index in [2.05, 4.69) is 17.2 Å². The maximum atomic E-state index is 11.8. The molecular weight excluding hydrogens is 282 g/mol. The molecule has 106 valence electrons. The van der Waals surface area contributed by atoms with Crippen molar-refractivity contribution in [2.24, 2.45) is 0 Å². The fourth-order valence-corrected chi connectivity index (χ4v) is 2.16. The van der Waals surface area contributed by atoms with Crippen molar-refractivity contribution in [1.82, 2.24) is 5.32 Å². The molecule has 0 aliphatic carbocycles. The highest BCUT2D eigenvalue weighted by molar-refractivity contribution is 6.30. The third-order valence-corrected chi connectivity index (χ3v) is 3.14. The molecule has 21 heavy (non-hydrogen) atoms. The lowest BCUT2D eigenvalue weighted by Crippen LogP contribution is -2.33. The number of carbonyl (C=O) groups is 1. The number of hydrogen-bond acceptors (Lipinski definition) is 1. The fourth-order valence-electron chi connectivity index (χ4n) is 1.97. The monoisotopic (exact) mass is 297 g/mol. The third kappa shape index (κ3) is 5.33. The minimum Gasteiger partial charge on any atom is -0.342 e. The van der Waals surface area contributed by atoms with Crippen molar-refractivity contribution in [2.45, 2.75) is 19.4 Å². The van der Waals surface area contributed by atoms with E-state index in [1.807, 2.05) is 49.4 Å². The van der Waals surface area contributed by atoms with Gasteiger partial charge in [0, 0.05) is 22.5 Å². The lowest BCUT2D eigenvalue weighted by atomic mass is 10.1. The van der Waals surface area contributed by atoms with Crippen molar-refractivity contribution < 1.29 is 4.79 Å². The van der Waals surface area contributed by atoms with Crippen molar-refractivity contribution in [2.75, 3.05) is 0 Å². The summed E-state index contributed by atoms with van der Waals surface area (Å²) < 4.78 is 0. The second kappa shape index (κ2) is 7.52. The molecule has 0 bridgehead atoms. The Labute approximate surface area is 130 Å². The number of benzene rings is 2. The second-order valence-corrected chi connectivity index (χ2v) is 5.26. The molecule has 1 atom stereocenters. The molecule has 0 aliphatic rings. The van der Waals surface area contributed by atoms with Gasteiger partial charge in [0.25, 0.3) is 5.91 Å². The van der Waals surface area contributed by atoms with Crippen molar-refractivity contribution >= 4 is 17.5 Å². The molecule has 2 nitrogen and oxygen atoms in total. The maximum Gasteiger partial charge on any atom is 0.296 e. The molecule has 0 saturated heterocycles.